The Kier molecular flexibility index (Phi) is 4.21. The van der Waals surface area contributed by atoms with Gasteiger partial charge in [-0.15, -0.1) is 5.92 Å². The minimum absolute atomic E-state index is 0.369. The zero-order valence-electron chi connectivity index (χ0n) is 14.8. The Morgan fingerprint density at radius 1 is 0.875 bits per heavy atom. The van der Waals surface area contributed by atoms with Crippen LogP contribution < -0.4 is 5.46 Å². The van der Waals surface area contributed by atoms with Crippen molar-refractivity contribution < 1.29 is 9.31 Å². The third kappa shape index (κ3) is 3.08. The van der Waals surface area contributed by atoms with E-state index in [0.29, 0.717) is 0 Å². The van der Waals surface area contributed by atoms with E-state index in [1.807, 2.05) is 59.1 Å². The summed E-state index contributed by atoms with van der Waals surface area (Å²) in [6, 6.07) is 4.05. The van der Waals surface area contributed by atoms with Crippen LogP contribution in [0.25, 0.3) is 11.1 Å². The molecule has 2 aromatic rings. The van der Waals surface area contributed by atoms with Gasteiger partial charge in [0.15, 0.2) is 0 Å². The molecule has 0 saturated carbocycles. The van der Waals surface area contributed by atoms with Gasteiger partial charge in [-0.2, -0.15) is 0 Å². The number of rotatable bonds is 2. The maximum absolute atomic E-state index is 6.10. The van der Waals surface area contributed by atoms with Crippen molar-refractivity contribution in [1.29, 1.82) is 0 Å². The molecule has 0 aromatic carbocycles. The highest BCUT2D eigenvalue weighted by atomic mass is 16.7. The van der Waals surface area contributed by atoms with E-state index in [2.05, 4.69) is 21.8 Å². The van der Waals surface area contributed by atoms with E-state index in [1.165, 1.54) is 0 Å². The highest BCUT2D eigenvalue weighted by Crippen LogP contribution is 2.36. The fourth-order valence-electron chi connectivity index (χ4n) is 2.53. The normalized spacial score (nSPS) is 18.1. The van der Waals surface area contributed by atoms with Crippen molar-refractivity contribution in [3.05, 3.63) is 42.5 Å². The van der Waals surface area contributed by atoms with Gasteiger partial charge >= 0.3 is 7.12 Å². The van der Waals surface area contributed by atoms with Crippen LogP contribution >= 0.6 is 0 Å². The molecule has 3 rings (SSSR count). The van der Waals surface area contributed by atoms with Gasteiger partial charge in [0.05, 0.1) is 11.2 Å². The van der Waals surface area contributed by atoms with Gasteiger partial charge in [0, 0.05) is 46.9 Å². The summed E-state index contributed by atoms with van der Waals surface area (Å²) in [5.74, 6) is 5.92. The zero-order valence-corrected chi connectivity index (χ0v) is 14.8. The zero-order chi connectivity index (χ0) is 17.4. The van der Waals surface area contributed by atoms with E-state index < -0.39 is 7.12 Å². The molecule has 0 N–H and O–H groups in total. The minimum atomic E-state index is -0.422. The molecule has 0 aliphatic carbocycles. The summed E-state index contributed by atoms with van der Waals surface area (Å²) >= 11 is 0. The average Bonchev–Trinajstić information content (AvgIpc) is 2.76. The predicted molar refractivity (Wildman–Crippen MR) is 95.7 cm³/mol. The van der Waals surface area contributed by atoms with Crippen molar-refractivity contribution in [3.63, 3.8) is 0 Å². The van der Waals surface area contributed by atoms with Crippen LogP contribution in [0.15, 0.2) is 36.9 Å². The number of nitrogens with zero attached hydrogens (tertiary/aromatic N) is 2. The molecule has 0 spiro atoms. The summed E-state index contributed by atoms with van der Waals surface area (Å²) in [6.45, 7) is 9.98. The van der Waals surface area contributed by atoms with Gasteiger partial charge in [0.1, 0.15) is 0 Å². The lowest BCUT2D eigenvalue weighted by atomic mass is 9.79. The van der Waals surface area contributed by atoms with E-state index in [0.717, 1.165) is 22.2 Å². The van der Waals surface area contributed by atoms with Gasteiger partial charge in [-0.1, -0.05) is 12.0 Å². The van der Waals surface area contributed by atoms with Crippen molar-refractivity contribution in [2.75, 3.05) is 0 Å². The molecule has 1 aliphatic heterocycles. The van der Waals surface area contributed by atoms with Crippen LogP contribution in [0.2, 0.25) is 0 Å². The molecule has 5 heteroatoms. The van der Waals surface area contributed by atoms with E-state index >= 15 is 0 Å². The first-order valence-corrected chi connectivity index (χ1v) is 8.01. The minimum Gasteiger partial charge on any atom is -0.399 e. The van der Waals surface area contributed by atoms with Gasteiger partial charge in [-0.05, 0) is 40.7 Å². The second-order valence-corrected chi connectivity index (χ2v) is 6.93. The van der Waals surface area contributed by atoms with Crippen molar-refractivity contribution in [3.8, 4) is 23.0 Å². The van der Waals surface area contributed by atoms with Crippen LogP contribution in [0.1, 0.15) is 40.2 Å². The lowest BCUT2D eigenvalue weighted by Crippen LogP contribution is -2.41. The topological polar surface area (TPSA) is 44.2 Å². The fourth-order valence-corrected chi connectivity index (χ4v) is 2.53. The molecular formula is C19H21BN2O2. The Balaban J connectivity index is 1.93. The van der Waals surface area contributed by atoms with Crippen molar-refractivity contribution >= 4 is 12.6 Å². The summed E-state index contributed by atoms with van der Waals surface area (Å²) in [4.78, 5) is 8.61. The molecule has 1 aliphatic rings. The lowest BCUT2D eigenvalue weighted by Gasteiger charge is -2.32. The van der Waals surface area contributed by atoms with Crippen molar-refractivity contribution in [2.24, 2.45) is 0 Å². The molecule has 0 atom stereocenters. The monoisotopic (exact) mass is 320 g/mol. The molecule has 2 aromatic heterocycles. The summed E-state index contributed by atoms with van der Waals surface area (Å²) < 4.78 is 12.2. The molecule has 24 heavy (non-hydrogen) atoms. The van der Waals surface area contributed by atoms with E-state index in [1.54, 1.807) is 12.4 Å². The first kappa shape index (κ1) is 16.7. The average molecular weight is 320 g/mol. The molecule has 0 amide bonds. The van der Waals surface area contributed by atoms with Gasteiger partial charge in [0.25, 0.3) is 0 Å². The molecule has 0 radical (unpaired) electrons. The SMILES string of the molecule is CC#Cc1cncc(-c2cncc(B3OC(C)(C)C(C)(C)O3)c2)c1. The van der Waals surface area contributed by atoms with Gasteiger partial charge < -0.3 is 9.31 Å². The smallest absolute Gasteiger partial charge is 0.399 e. The van der Waals surface area contributed by atoms with Gasteiger partial charge in [-0.25, -0.2) is 0 Å². The summed E-state index contributed by atoms with van der Waals surface area (Å²) in [5, 5.41) is 0. The highest BCUT2D eigenvalue weighted by Gasteiger charge is 2.51. The Morgan fingerprint density at radius 3 is 2.08 bits per heavy atom. The van der Waals surface area contributed by atoms with Crippen LogP contribution in [0.4, 0.5) is 0 Å². The summed E-state index contributed by atoms with van der Waals surface area (Å²) in [6.07, 6.45) is 7.17. The molecule has 4 nitrogen and oxygen atoms in total. The fraction of sp³-hybridized carbons (Fsp3) is 0.368. The Bertz CT molecular complexity index is 805. The lowest BCUT2D eigenvalue weighted by molar-refractivity contribution is 0.00578. The molecule has 3 heterocycles. The summed E-state index contributed by atoms with van der Waals surface area (Å²) in [7, 11) is -0.422. The molecule has 0 bridgehead atoms. The molecule has 1 saturated heterocycles. The third-order valence-electron chi connectivity index (χ3n) is 4.63. The van der Waals surface area contributed by atoms with Crippen LogP contribution in [0.5, 0.6) is 0 Å². The largest absolute Gasteiger partial charge is 0.496 e. The van der Waals surface area contributed by atoms with Crippen LogP contribution in [0.3, 0.4) is 0 Å². The van der Waals surface area contributed by atoms with Gasteiger partial charge in [-0.3, -0.25) is 9.97 Å². The Morgan fingerprint density at radius 2 is 1.46 bits per heavy atom. The predicted octanol–water partition coefficient (Wildman–Crippen LogP) is 2.81. The number of hydrogen-bond donors (Lipinski definition) is 0. The molecular weight excluding hydrogens is 299 g/mol. The first-order valence-electron chi connectivity index (χ1n) is 8.01. The van der Waals surface area contributed by atoms with Crippen molar-refractivity contribution in [1.82, 2.24) is 9.97 Å². The number of aromatic nitrogens is 2. The maximum atomic E-state index is 6.10. The van der Waals surface area contributed by atoms with E-state index in [9.17, 15) is 0 Å². The van der Waals surface area contributed by atoms with E-state index in [4.69, 9.17) is 9.31 Å². The third-order valence-corrected chi connectivity index (χ3v) is 4.63. The highest BCUT2D eigenvalue weighted by molar-refractivity contribution is 6.62. The Hall–Kier alpha value is -2.16. The number of hydrogen-bond acceptors (Lipinski definition) is 4. The quantitative estimate of drug-likeness (QED) is 0.630. The van der Waals surface area contributed by atoms with Crippen LogP contribution in [-0.4, -0.2) is 28.3 Å². The molecule has 122 valence electrons. The van der Waals surface area contributed by atoms with Gasteiger partial charge in [0.2, 0.25) is 0 Å². The number of pyridine rings is 2. The van der Waals surface area contributed by atoms with Crippen molar-refractivity contribution in [2.45, 2.75) is 45.8 Å². The van der Waals surface area contributed by atoms with Crippen LogP contribution in [-0.2, 0) is 9.31 Å². The molecule has 0 unspecified atom stereocenters. The standard InChI is InChI=1S/C19H21BN2O2/c1-6-7-14-8-15(11-21-10-14)16-9-17(13-22-12-16)20-23-18(2,3)19(4,5)24-20/h8-13H,1-5H3. The van der Waals surface area contributed by atoms with Crippen LogP contribution in [0, 0.1) is 11.8 Å². The summed E-state index contributed by atoms with van der Waals surface area (Å²) in [5.41, 5.74) is 2.99. The molecule has 1 fully saturated rings. The Labute approximate surface area is 143 Å². The maximum Gasteiger partial charge on any atom is 0.496 e. The second kappa shape index (κ2) is 6.05. The second-order valence-electron chi connectivity index (χ2n) is 6.93. The first-order chi connectivity index (χ1) is 11.3. The van der Waals surface area contributed by atoms with E-state index in [-0.39, 0.29) is 11.2 Å².